The van der Waals surface area contributed by atoms with Crippen molar-refractivity contribution in [3.05, 3.63) is 28.8 Å². The Morgan fingerprint density at radius 3 is 2.40 bits per heavy atom. The first-order chi connectivity index (χ1) is 9.47. The number of rotatable bonds is 6. The van der Waals surface area contributed by atoms with Crippen LogP contribution in [0.25, 0.3) is 0 Å². The molecule has 0 atom stereocenters. The normalized spacial score (nSPS) is 13.9. The fourth-order valence-corrected chi connectivity index (χ4v) is 2.07. The summed E-state index contributed by atoms with van der Waals surface area (Å²) in [5, 5.41) is 11.9. The van der Waals surface area contributed by atoms with Crippen LogP contribution in [0.1, 0.15) is 40.7 Å². The molecule has 0 radical (unpaired) electrons. The van der Waals surface area contributed by atoms with Crippen molar-refractivity contribution in [2.75, 3.05) is 6.61 Å². The van der Waals surface area contributed by atoms with E-state index < -0.39 is 5.97 Å². The van der Waals surface area contributed by atoms with Crippen LogP contribution in [-0.4, -0.2) is 29.6 Å². The number of nitrogens with one attached hydrogen (secondary N) is 1. The SMILES string of the molecule is Cc1cc(C(=O)O)cc(C)c1OCCC(=O)NC1CC1. The number of carbonyl (C=O) groups is 2. The molecule has 0 bridgehead atoms. The van der Waals surface area contributed by atoms with E-state index in [2.05, 4.69) is 5.32 Å². The number of hydrogen-bond donors (Lipinski definition) is 2. The molecule has 0 heterocycles. The van der Waals surface area contributed by atoms with Crippen LogP contribution in [0.4, 0.5) is 0 Å². The second-order valence-electron chi connectivity index (χ2n) is 5.18. The topological polar surface area (TPSA) is 75.6 Å². The molecule has 108 valence electrons. The van der Waals surface area contributed by atoms with Crippen LogP contribution in [0.15, 0.2) is 12.1 Å². The monoisotopic (exact) mass is 277 g/mol. The molecule has 0 saturated heterocycles. The van der Waals surface area contributed by atoms with E-state index in [1.165, 1.54) is 0 Å². The third kappa shape index (κ3) is 3.73. The summed E-state index contributed by atoms with van der Waals surface area (Å²) in [5.41, 5.74) is 1.79. The highest BCUT2D eigenvalue weighted by Gasteiger charge is 2.23. The molecule has 5 nitrogen and oxygen atoms in total. The minimum absolute atomic E-state index is 0.00459. The van der Waals surface area contributed by atoms with Crippen LogP contribution in [0, 0.1) is 13.8 Å². The van der Waals surface area contributed by atoms with Gasteiger partial charge in [-0.15, -0.1) is 0 Å². The summed E-state index contributed by atoms with van der Waals surface area (Å²) in [6.07, 6.45) is 2.46. The standard InChI is InChI=1S/C15H19NO4/c1-9-7-11(15(18)19)8-10(2)14(9)20-6-5-13(17)16-12-3-4-12/h7-8,12H,3-6H2,1-2H3,(H,16,17)(H,18,19). The number of benzene rings is 1. The van der Waals surface area contributed by atoms with E-state index in [4.69, 9.17) is 9.84 Å². The summed E-state index contributed by atoms with van der Waals surface area (Å²) in [4.78, 5) is 22.5. The highest BCUT2D eigenvalue weighted by atomic mass is 16.5. The van der Waals surface area contributed by atoms with Gasteiger partial charge in [0.25, 0.3) is 0 Å². The van der Waals surface area contributed by atoms with Crippen molar-refractivity contribution >= 4 is 11.9 Å². The van der Waals surface area contributed by atoms with Crippen molar-refractivity contribution in [3.8, 4) is 5.75 Å². The van der Waals surface area contributed by atoms with E-state index in [-0.39, 0.29) is 11.5 Å². The number of hydrogen-bond acceptors (Lipinski definition) is 3. The van der Waals surface area contributed by atoms with Crippen molar-refractivity contribution in [1.29, 1.82) is 0 Å². The fraction of sp³-hybridized carbons (Fsp3) is 0.467. The Morgan fingerprint density at radius 1 is 1.30 bits per heavy atom. The van der Waals surface area contributed by atoms with Crippen molar-refractivity contribution in [2.45, 2.75) is 39.2 Å². The number of carbonyl (C=O) groups excluding carboxylic acids is 1. The molecule has 0 unspecified atom stereocenters. The summed E-state index contributed by atoms with van der Waals surface area (Å²) in [5.74, 6) is -0.286. The van der Waals surface area contributed by atoms with E-state index >= 15 is 0 Å². The van der Waals surface area contributed by atoms with E-state index in [1.807, 2.05) is 0 Å². The van der Waals surface area contributed by atoms with Crippen LogP contribution in [-0.2, 0) is 4.79 Å². The van der Waals surface area contributed by atoms with Gasteiger partial charge < -0.3 is 15.2 Å². The lowest BCUT2D eigenvalue weighted by Crippen LogP contribution is -2.26. The second-order valence-corrected chi connectivity index (χ2v) is 5.18. The lowest BCUT2D eigenvalue weighted by molar-refractivity contribution is -0.121. The summed E-state index contributed by atoms with van der Waals surface area (Å²) in [6, 6.07) is 3.52. The van der Waals surface area contributed by atoms with Crippen LogP contribution >= 0.6 is 0 Å². The molecule has 2 N–H and O–H groups in total. The Kier molecular flexibility index (Phi) is 4.27. The average Bonchev–Trinajstić information content (AvgIpc) is 3.16. The first-order valence-corrected chi connectivity index (χ1v) is 6.74. The average molecular weight is 277 g/mol. The number of aryl methyl sites for hydroxylation is 2. The molecule has 1 aliphatic carbocycles. The number of aromatic carboxylic acids is 1. The highest BCUT2D eigenvalue weighted by Crippen LogP contribution is 2.25. The van der Waals surface area contributed by atoms with Gasteiger partial charge in [-0.05, 0) is 49.9 Å². The third-order valence-electron chi connectivity index (χ3n) is 3.23. The summed E-state index contributed by atoms with van der Waals surface area (Å²) in [6.45, 7) is 3.91. The molecule has 1 aromatic rings. The largest absolute Gasteiger partial charge is 0.493 e. The van der Waals surface area contributed by atoms with Crippen molar-refractivity contribution in [2.24, 2.45) is 0 Å². The molecular formula is C15H19NO4. The molecule has 20 heavy (non-hydrogen) atoms. The second kappa shape index (κ2) is 5.94. The van der Waals surface area contributed by atoms with E-state index in [0.717, 1.165) is 24.0 Å². The van der Waals surface area contributed by atoms with Gasteiger partial charge in [-0.25, -0.2) is 4.79 Å². The van der Waals surface area contributed by atoms with Gasteiger partial charge in [0.1, 0.15) is 5.75 Å². The lowest BCUT2D eigenvalue weighted by Gasteiger charge is -2.13. The smallest absolute Gasteiger partial charge is 0.335 e. The number of ether oxygens (including phenoxy) is 1. The Labute approximate surface area is 117 Å². The quantitative estimate of drug-likeness (QED) is 0.834. The van der Waals surface area contributed by atoms with Crippen molar-refractivity contribution in [3.63, 3.8) is 0 Å². The number of carboxylic acids is 1. The molecule has 1 amide bonds. The van der Waals surface area contributed by atoms with E-state index in [0.29, 0.717) is 24.8 Å². The maximum Gasteiger partial charge on any atom is 0.335 e. The first-order valence-electron chi connectivity index (χ1n) is 6.74. The lowest BCUT2D eigenvalue weighted by atomic mass is 10.1. The molecule has 0 aromatic heterocycles. The Bertz CT molecular complexity index is 512. The third-order valence-corrected chi connectivity index (χ3v) is 3.23. The molecule has 1 fully saturated rings. The molecule has 0 aliphatic heterocycles. The van der Waals surface area contributed by atoms with Gasteiger partial charge in [0.2, 0.25) is 5.91 Å². The summed E-state index contributed by atoms with van der Waals surface area (Å²) >= 11 is 0. The maximum absolute atomic E-state index is 11.5. The van der Waals surface area contributed by atoms with E-state index in [9.17, 15) is 9.59 Å². The molecule has 0 spiro atoms. The molecule has 1 aromatic carbocycles. The first kappa shape index (κ1) is 14.4. The van der Waals surface area contributed by atoms with E-state index in [1.54, 1.807) is 26.0 Å². The molecule has 2 rings (SSSR count). The molecule has 5 heteroatoms. The van der Waals surface area contributed by atoms with Crippen LogP contribution in [0.3, 0.4) is 0 Å². The fourth-order valence-electron chi connectivity index (χ4n) is 2.07. The zero-order chi connectivity index (χ0) is 14.7. The summed E-state index contributed by atoms with van der Waals surface area (Å²) < 4.78 is 5.62. The van der Waals surface area contributed by atoms with Gasteiger partial charge in [-0.3, -0.25) is 4.79 Å². The zero-order valence-electron chi connectivity index (χ0n) is 11.7. The molecule has 1 saturated carbocycles. The van der Waals surface area contributed by atoms with Crippen molar-refractivity contribution in [1.82, 2.24) is 5.32 Å². The van der Waals surface area contributed by atoms with Gasteiger partial charge >= 0.3 is 5.97 Å². The van der Waals surface area contributed by atoms with Crippen LogP contribution in [0.5, 0.6) is 5.75 Å². The summed E-state index contributed by atoms with van der Waals surface area (Å²) in [7, 11) is 0. The molecular weight excluding hydrogens is 258 g/mol. The Hall–Kier alpha value is -2.04. The number of amides is 1. The minimum atomic E-state index is -0.952. The van der Waals surface area contributed by atoms with Crippen LogP contribution in [0.2, 0.25) is 0 Å². The predicted octanol–water partition coefficient (Wildman–Crippen LogP) is 2.05. The van der Waals surface area contributed by atoms with Crippen molar-refractivity contribution < 1.29 is 19.4 Å². The zero-order valence-corrected chi connectivity index (χ0v) is 11.7. The van der Waals surface area contributed by atoms with Gasteiger partial charge in [-0.1, -0.05) is 0 Å². The highest BCUT2D eigenvalue weighted by molar-refractivity contribution is 5.88. The van der Waals surface area contributed by atoms with Gasteiger partial charge in [0, 0.05) is 6.04 Å². The minimum Gasteiger partial charge on any atom is -0.493 e. The van der Waals surface area contributed by atoms with Crippen LogP contribution < -0.4 is 10.1 Å². The van der Waals surface area contributed by atoms with Gasteiger partial charge in [-0.2, -0.15) is 0 Å². The van der Waals surface area contributed by atoms with Gasteiger partial charge in [0.05, 0.1) is 18.6 Å². The predicted molar refractivity (Wildman–Crippen MR) is 74.2 cm³/mol. The Morgan fingerprint density at radius 2 is 1.90 bits per heavy atom. The van der Waals surface area contributed by atoms with Gasteiger partial charge in [0.15, 0.2) is 0 Å². The number of carboxylic acid groups (broad SMARTS) is 1. The Balaban J connectivity index is 1.91. The maximum atomic E-state index is 11.5. The molecule has 1 aliphatic rings.